The zero-order chi connectivity index (χ0) is 18.6. The predicted octanol–water partition coefficient (Wildman–Crippen LogP) is 2.46. The zero-order valence-electron chi connectivity index (χ0n) is 15.3. The molecule has 6 nitrogen and oxygen atoms in total. The summed E-state index contributed by atoms with van der Waals surface area (Å²) in [5.74, 6) is 1.37. The van der Waals surface area contributed by atoms with Crippen molar-refractivity contribution in [1.29, 1.82) is 0 Å². The van der Waals surface area contributed by atoms with Gasteiger partial charge in [0.05, 0.1) is 18.4 Å². The van der Waals surface area contributed by atoms with Gasteiger partial charge in [0.15, 0.2) is 0 Å². The van der Waals surface area contributed by atoms with E-state index in [2.05, 4.69) is 14.9 Å². The summed E-state index contributed by atoms with van der Waals surface area (Å²) in [5, 5.41) is 5.04. The van der Waals surface area contributed by atoms with E-state index >= 15 is 0 Å². The average molecular weight is 385 g/mol. The summed E-state index contributed by atoms with van der Waals surface area (Å²) in [6.45, 7) is 2.54. The molecule has 1 aliphatic carbocycles. The second-order valence-corrected chi connectivity index (χ2v) is 8.07. The number of carbonyl (C=O) groups is 2. The Kier molecular flexibility index (Phi) is 5.38. The number of nitrogens with one attached hydrogen (secondary N) is 1. The van der Waals surface area contributed by atoms with E-state index in [0.29, 0.717) is 26.2 Å². The Labute approximate surface area is 162 Å². The van der Waals surface area contributed by atoms with Crippen LogP contribution in [0, 0.1) is 5.92 Å². The maximum absolute atomic E-state index is 12.5. The molecule has 2 aromatic rings. The Hall–Kier alpha value is -2.41. The van der Waals surface area contributed by atoms with Crippen LogP contribution >= 0.6 is 11.3 Å². The summed E-state index contributed by atoms with van der Waals surface area (Å²) in [6, 6.07) is 3.97. The number of rotatable bonds is 5. The first-order valence-electron chi connectivity index (χ1n) is 9.52. The van der Waals surface area contributed by atoms with Crippen LogP contribution in [0.1, 0.15) is 35.7 Å². The molecule has 1 saturated carbocycles. The van der Waals surface area contributed by atoms with E-state index in [1.807, 2.05) is 34.7 Å². The van der Waals surface area contributed by atoms with Gasteiger partial charge in [-0.1, -0.05) is 12.5 Å². The van der Waals surface area contributed by atoms with Crippen LogP contribution in [0.2, 0.25) is 0 Å². The van der Waals surface area contributed by atoms with Crippen molar-refractivity contribution in [3.05, 3.63) is 46.2 Å². The van der Waals surface area contributed by atoms with E-state index in [1.54, 1.807) is 17.4 Å². The number of amides is 2. The highest BCUT2D eigenvalue weighted by molar-refractivity contribution is 7.10. The van der Waals surface area contributed by atoms with Gasteiger partial charge >= 0.3 is 0 Å². The normalized spacial score (nSPS) is 17.4. The molecule has 0 bridgehead atoms. The van der Waals surface area contributed by atoms with Gasteiger partial charge in [-0.05, 0) is 30.4 Å². The number of thiophene rings is 1. The fourth-order valence-corrected chi connectivity index (χ4v) is 4.11. The Balaban J connectivity index is 1.34. The van der Waals surface area contributed by atoms with Gasteiger partial charge < -0.3 is 14.8 Å². The molecule has 2 aliphatic rings. The van der Waals surface area contributed by atoms with Crippen molar-refractivity contribution < 1.29 is 9.59 Å². The summed E-state index contributed by atoms with van der Waals surface area (Å²) in [7, 11) is 0. The van der Waals surface area contributed by atoms with E-state index in [1.165, 1.54) is 0 Å². The van der Waals surface area contributed by atoms with Crippen molar-refractivity contribution in [1.82, 2.24) is 19.8 Å². The third kappa shape index (κ3) is 4.13. The van der Waals surface area contributed by atoms with Crippen molar-refractivity contribution in [2.45, 2.75) is 38.8 Å². The Morgan fingerprint density at radius 1 is 1.30 bits per heavy atom. The Bertz CT molecular complexity index is 836. The van der Waals surface area contributed by atoms with Gasteiger partial charge in [0, 0.05) is 42.9 Å². The fraction of sp³-hybridized carbons (Fsp3) is 0.450. The summed E-state index contributed by atoms with van der Waals surface area (Å²) >= 11 is 1.62. The Morgan fingerprint density at radius 3 is 2.93 bits per heavy atom. The molecule has 142 valence electrons. The van der Waals surface area contributed by atoms with Crippen LogP contribution in [-0.4, -0.2) is 39.4 Å². The highest BCUT2D eigenvalue weighted by atomic mass is 32.1. The minimum Gasteiger partial charge on any atom is -0.350 e. The molecular weight excluding hydrogens is 360 g/mol. The first-order chi connectivity index (χ1) is 13.2. The molecule has 1 N–H and O–H groups in total. The highest BCUT2D eigenvalue weighted by Crippen LogP contribution is 2.26. The summed E-state index contributed by atoms with van der Waals surface area (Å²) < 4.78 is 2.15. The van der Waals surface area contributed by atoms with Crippen LogP contribution in [-0.2, 0) is 29.1 Å². The lowest BCUT2D eigenvalue weighted by Crippen LogP contribution is -2.35. The van der Waals surface area contributed by atoms with Gasteiger partial charge in [-0.15, -0.1) is 11.3 Å². The van der Waals surface area contributed by atoms with Crippen molar-refractivity contribution in [2.75, 3.05) is 13.1 Å². The SMILES string of the molecule is O=C(NCc1cnc2n1CCN(C(=O)/C=C/c1cccs1)CC2)C1CCC1. The molecule has 0 unspecified atom stereocenters. The number of aromatic nitrogens is 2. The van der Waals surface area contributed by atoms with Gasteiger partial charge in [0.25, 0.3) is 0 Å². The quantitative estimate of drug-likeness (QED) is 0.806. The summed E-state index contributed by atoms with van der Waals surface area (Å²) in [5.41, 5.74) is 1.01. The fourth-order valence-electron chi connectivity index (χ4n) is 3.49. The number of hydrogen-bond acceptors (Lipinski definition) is 4. The molecule has 3 heterocycles. The zero-order valence-corrected chi connectivity index (χ0v) is 16.1. The van der Waals surface area contributed by atoms with Gasteiger partial charge in [0.2, 0.25) is 11.8 Å². The first kappa shape index (κ1) is 18.0. The number of hydrogen-bond donors (Lipinski definition) is 1. The van der Waals surface area contributed by atoms with Gasteiger partial charge in [-0.2, -0.15) is 0 Å². The topological polar surface area (TPSA) is 67.2 Å². The van der Waals surface area contributed by atoms with Crippen molar-refractivity contribution in [3.8, 4) is 0 Å². The second-order valence-electron chi connectivity index (χ2n) is 7.09. The third-order valence-corrected chi connectivity index (χ3v) is 6.22. The lowest BCUT2D eigenvalue weighted by Gasteiger charge is -2.24. The third-order valence-electron chi connectivity index (χ3n) is 5.38. The molecule has 1 fully saturated rings. The molecule has 4 rings (SSSR count). The van der Waals surface area contributed by atoms with E-state index < -0.39 is 0 Å². The number of fused-ring (bicyclic) bond motifs is 1. The van der Waals surface area contributed by atoms with Crippen LogP contribution < -0.4 is 5.32 Å². The van der Waals surface area contributed by atoms with Crippen LogP contribution in [0.4, 0.5) is 0 Å². The molecule has 0 atom stereocenters. The molecule has 2 amide bonds. The van der Waals surface area contributed by atoms with Crippen molar-refractivity contribution in [3.63, 3.8) is 0 Å². The van der Waals surface area contributed by atoms with Gasteiger partial charge in [-0.3, -0.25) is 9.59 Å². The molecule has 27 heavy (non-hydrogen) atoms. The average Bonchev–Trinajstić information content (AvgIpc) is 3.22. The monoisotopic (exact) mass is 384 g/mol. The van der Waals surface area contributed by atoms with Crippen LogP contribution in [0.15, 0.2) is 29.8 Å². The van der Waals surface area contributed by atoms with E-state index in [9.17, 15) is 9.59 Å². The van der Waals surface area contributed by atoms with Crippen LogP contribution in [0.3, 0.4) is 0 Å². The number of imidazole rings is 1. The largest absolute Gasteiger partial charge is 0.350 e. The minimum absolute atomic E-state index is 0.0361. The Morgan fingerprint density at radius 2 is 2.19 bits per heavy atom. The van der Waals surface area contributed by atoms with Gasteiger partial charge in [0.1, 0.15) is 5.82 Å². The molecule has 7 heteroatoms. The smallest absolute Gasteiger partial charge is 0.246 e. The molecule has 0 saturated heterocycles. The first-order valence-corrected chi connectivity index (χ1v) is 10.4. The predicted molar refractivity (Wildman–Crippen MR) is 105 cm³/mol. The molecule has 0 spiro atoms. The highest BCUT2D eigenvalue weighted by Gasteiger charge is 2.25. The van der Waals surface area contributed by atoms with E-state index in [-0.39, 0.29) is 17.7 Å². The van der Waals surface area contributed by atoms with Crippen molar-refractivity contribution >= 4 is 29.2 Å². The number of carbonyl (C=O) groups excluding carboxylic acids is 2. The van der Waals surface area contributed by atoms with E-state index in [4.69, 9.17) is 0 Å². The summed E-state index contributed by atoms with van der Waals surface area (Å²) in [6.07, 6.45) is 9.28. The van der Waals surface area contributed by atoms with Gasteiger partial charge in [-0.25, -0.2) is 4.98 Å². The molecule has 0 aromatic carbocycles. The lowest BCUT2D eigenvalue weighted by molar-refractivity contribution is -0.127. The summed E-state index contributed by atoms with van der Waals surface area (Å²) in [4.78, 5) is 32.0. The molecule has 1 aliphatic heterocycles. The molecular formula is C20H24N4O2S. The minimum atomic E-state index is 0.0361. The molecule has 0 radical (unpaired) electrons. The van der Waals surface area contributed by atoms with Crippen LogP contribution in [0.5, 0.6) is 0 Å². The maximum Gasteiger partial charge on any atom is 0.246 e. The standard InChI is InChI=1S/C20H24N4O2S/c25-19(7-6-17-5-2-12-27-17)23-9-8-18-21-13-16(24(18)11-10-23)14-22-20(26)15-3-1-4-15/h2,5-7,12-13,15H,1,3-4,8-11,14H2,(H,22,26)/b7-6+. The number of nitrogens with zero attached hydrogens (tertiary/aromatic N) is 3. The maximum atomic E-state index is 12.5. The lowest BCUT2D eigenvalue weighted by atomic mass is 9.85. The van der Waals surface area contributed by atoms with Crippen LogP contribution in [0.25, 0.3) is 6.08 Å². The van der Waals surface area contributed by atoms with E-state index in [0.717, 1.165) is 42.1 Å². The van der Waals surface area contributed by atoms with Crippen molar-refractivity contribution in [2.24, 2.45) is 5.92 Å². The molecule has 2 aromatic heterocycles. The second kappa shape index (κ2) is 8.08.